The summed E-state index contributed by atoms with van der Waals surface area (Å²) in [6.45, 7) is 6.07. The number of hydrogen-bond acceptors (Lipinski definition) is 4. The Hall–Kier alpha value is -2.15. The molecule has 0 aliphatic carbocycles. The van der Waals surface area contributed by atoms with Gasteiger partial charge in [-0.25, -0.2) is 0 Å². The van der Waals surface area contributed by atoms with Crippen molar-refractivity contribution in [2.45, 2.75) is 32.7 Å². The molecule has 1 aliphatic heterocycles. The van der Waals surface area contributed by atoms with Crippen molar-refractivity contribution in [2.24, 2.45) is 5.92 Å². The van der Waals surface area contributed by atoms with Gasteiger partial charge in [0.1, 0.15) is 5.02 Å². The van der Waals surface area contributed by atoms with Crippen LogP contribution in [0.25, 0.3) is 0 Å². The molecule has 8 heteroatoms. The molecule has 1 heterocycles. The minimum absolute atomic E-state index is 0.00273. The third kappa shape index (κ3) is 3.79. The van der Waals surface area contributed by atoms with E-state index in [-0.39, 0.29) is 40.2 Å². The number of anilines is 1. The zero-order valence-corrected chi connectivity index (χ0v) is 13.9. The second-order valence-electron chi connectivity index (χ2n) is 6.49. The maximum absolute atomic E-state index is 12.3. The Bertz CT molecular complexity index is 669. The topological polar surface area (TPSA) is 92.6 Å². The number of nitrogens with zero attached hydrogens (tertiary/aromatic N) is 2. The van der Waals surface area contributed by atoms with Gasteiger partial charge in [0.25, 0.3) is 5.69 Å². The fourth-order valence-corrected chi connectivity index (χ4v) is 2.69. The van der Waals surface area contributed by atoms with Crippen molar-refractivity contribution >= 4 is 34.8 Å². The Kier molecular flexibility index (Phi) is 4.61. The van der Waals surface area contributed by atoms with Crippen molar-refractivity contribution in [2.75, 3.05) is 11.9 Å². The molecular weight excluding hydrogens is 322 g/mol. The molecule has 0 spiro atoms. The van der Waals surface area contributed by atoms with Gasteiger partial charge < -0.3 is 10.2 Å². The van der Waals surface area contributed by atoms with Crippen LogP contribution >= 0.6 is 11.6 Å². The minimum Gasteiger partial charge on any atom is -0.337 e. The number of likely N-dealkylation sites (tertiary alicyclic amines) is 1. The van der Waals surface area contributed by atoms with Crippen LogP contribution in [-0.4, -0.2) is 33.7 Å². The lowest BCUT2D eigenvalue weighted by atomic mass is 10.1. The van der Waals surface area contributed by atoms with E-state index in [1.165, 1.54) is 18.2 Å². The van der Waals surface area contributed by atoms with Gasteiger partial charge in [-0.2, -0.15) is 0 Å². The molecule has 1 aromatic rings. The van der Waals surface area contributed by atoms with Crippen LogP contribution in [0.1, 0.15) is 27.2 Å². The maximum Gasteiger partial charge on any atom is 0.289 e. The van der Waals surface area contributed by atoms with Gasteiger partial charge in [-0.15, -0.1) is 0 Å². The summed E-state index contributed by atoms with van der Waals surface area (Å²) in [5, 5.41) is 13.5. The first-order valence-electron chi connectivity index (χ1n) is 7.15. The number of amides is 2. The third-order valence-electron chi connectivity index (χ3n) is 3.72. The highest BCUT2D eigenvalue weighted by molar-refractivity contribution is 6.32. The van der Waals surface area contributed by atoms with Crippen LogP contribution < -0.4 is 5.32 Å². The SMILES string of the molecule is CC(C)(C)N1CC(C(=O)Nc2ccc(Cl)c([N+](=O)[O-])c2)CC1=O. The maximum atomic E-state index is 12.3. The van der Waals surface area contributed by atoms with Crippen LogP contribution in [0.15, 0.2) is 18.2 Å². The molecule has 1 aromatic carbocycles. The largest absolute Gasteiger partial charge is 0.337 e. The van der Waals surface area contributed by atoms with Crippen LogP contribution in [0.5, 0.6) is 0 Å². The van der Waals surface area contributed by atoms with E-state index in [1.54, 1.807) is 4.90 Å². The van der Waals surface area contributed by atoms with Gasteiger partial charge in [0.05, 0.1) is 10.8 Å². The second-order valence-corrected chi connectivity index (χ2v) is 6.90. The fourth-order valence-electron chi connectivity index (χ4n) is 2.51. The average molecular weight is 340 g/mol. The molecule has 0 aromatic heterocycles. The van der Waals surface area contributed by atoms with Crippen LogP contribution in [0.3, 0.4) is 0 Å². The number of benzene rings is 1. The molecule has 1 saturated heterocycles. The summed E-state index contributed by atoms with van der Waals surface area (Å²) in [6, 6.07) is 4.06. The number of nitrogens with one attached hydrogen (secondary N) is 1. The molecule has 7 nitrogen and oxygen atoms in total. The number of halogens is 1. The van der Waals surface area contributed by atoms with E-state index in [4.69, 9.17) is 11.6 Å². The molecule has 0 bridgehead atoms. The molecular formula is C15H18ClN3O4. The number of carbonyl (C=O) groups is 2. The summed E-state index contributed by atoms with van der Waals surface area (Å²) in [4.78, 5) is 36.2. The van der Waals surface area contributed by atoms with E-state index in [0.29, 0.717) is 6.54 Å². The summed E-state index contributed by atoms with van der Waals surface area (Å²) in [6.07, 6.45) is 0.138. The Morgan fingerprint density at radius 3 is 2.61 bits per heavy atom. The van der Waals surface area contributed by atoms with Crippen LogP contribution in [0, 0.1) is 16.0 Å². The molecule has 1 fully saturated rings. The van der Waals surface area contributed by atoms with E-state index < -0.39 is 10.8 Å². The van der Waals surface area contributed by atoms with Crippen molar-refractivity contribution in [3.63, 3.8) is 0 Å². The lowest BCUT2D eigenvalue weighted by Crippen LogP contribution is -2.42. The standard InChI is InChI=1S/C15H18ClN3O4/c1-15(2,3)18-8-9(6-13(18)20)14(21)17-10-4-5-11(16)12(7-10)19(22)23/h4-5,7,9H,6,8H2,1-3H3,(H,17,21). The molecule has 1 aliphatic rings. The normalized spacial score (nSPS) is 18.2. The van der Waals surface area contributed by atoms with Gasteiger partial charge in [0, 0.05) is 30.3 Å². The molecule has 1 N–H and O–H groups in total. The predicted molar refractivity (Wildman–Crippen MR) is 86.3 cm³/mol. The van der Waals surface area contributed by atoms with E-state index >= 15 is 0 Å². The zero-order valence-electron chi connectivity index (χ0n) is 13.1. The first-order valence-corrected chi connectivity index (χ1v) is 7.52. The molecule has 1 unspecified atom stereocenters. The number of carbonyl (C=O) groups excluding carboxylic acids is 2. The van der Waals surface area contributed by atoms with Gasteiger partial charge >= 0.3 is 0 Å². The summed E-state index contributed by atoms with van der Waals surface area (Å²) >= 11 is 5.74. The van der Waals surface area contributed by atoms with Crippen molar-refractivity contribution in [1.82, 2.24) is 4.90 Å². The summed E-state index contributed by atoms with van der Waals surface area (Å²) in [5.41, 5.74) is -0.332. The van der Waals surface area contributed by atoms with Crippen molar-refractivity contribution in [1.29, 1.82) is 0 Å². The highest BCUT2D eigenvalue weighted by atomic mass is 35.5. The molecule has 0 saturated carbocycles. The highest BCUT2D eigenvalue weighted by Gasteiger charge is 2.39. The number of nitro groups is 1. The first-order chi connectivity index (χ1) is 10.6. The molecule has 0 radical (unpaired) electrons. The molecule has 2 rings (SSSR count). The van der Waals surface area contributed by atoms with Gasteiger partial charge in [-0.3, -0.25) is 19.7 Å². The lowest BCUT2D eigenvalue weighted by Gasteiger charge is -2.31. The molecule has 1 atom stereocenters. The smallest absolute Gasteiger partial charge is 0.289 e. The zero-order chi connectivity index (χ0) is 17.4. The van der Waals surface area contributed by atoms with Crippen LogP contribution in [0.2, 0.25) is 5.02 Å². The first kappa shape index (κ1) is 17.2. The predicted octanol–water partition coefficient (Wildman–Crippen LogP) is 2.83. The number of nitro benzene ring substituents is 1. The van der Waals surface area contributed by atoms with Gasteiger partial charge in [-0.1, -0.05) is 11.6 Å². The second kappa shape index (κ2) is 6.16. The van der Waals surface area contributed by atoms with E-state index in [1.807, 2.05) is 20.8 Å². The van der Waals surface area contributed by atoms with Gasteiger partial charge in [-0.05, 0) is 32.9 Å². The Morgan fingerprint density at radius 2 is 2.09 bits per heavy atom. The average Bonchev–Trinajstić information content (AvgIpc) is 2.83. The molecule has 124 valence electrons. The van der Waals surface area contributed by atoms with Crippen molar-refractivity contribution in [3.05, 3.63) is 33.3 Å². The van der Waals surface area contributed by atoms with Crippen LogP contribution in [-0.2, 0) is 9.59 Å². The number of hydrogen-bond donors (Lipinski definition) is 1. The number of rotatable bonds is 3. The van der Waals surface area contributed by atoms with Crippen LogP contribution in [0.4, 0.5) is 11.4 Å². The highest BCUT2D eigenvalue weighted by Crippen LogP contribution is 2.29. The molecule has 2 amide bonds. The third-order valence-corrected chi connectivity index (χ3v) is 4.04. The van der Waals surface area contributed by atoms with Crippen molar-refractivity contribution < 1.29 is 14.5 Å². The Labute approximate surface area is 138 Å². The summed E-state index contributed by atoms with van der Waals surface area (Å²) < 4.78 is 0. The minimum atomic E-state index is -0.613. The van der Waals surface area contributed by atoms with E-state index in [0.717, 1.165) is 0 Å². The van der Waals surface area contributed by atoms with Gasteiger partial charge in [0.15, 0.2) is 0 Å². The monoisotopic (exact) mass is 339 g/mol. The summed E-state index contributed by atoms with van der Waals surface area (Å²) in [5.74, 6) is -0.877. The van der Waals surface area contributed by atoms with E-state index in [2.05, 4.69) is 5.32 Å². The lowest BCUT2D eigenvalue weighted by molar-refractivity contribution is -0.384. The Morgan fingerprint density at radius 1 is 1.43 bits per heavy atom. The van der Waals surface area contributed by atoms with Gasteiger partial charge in [0.2, 0.25) is 11.8 Å². The molecule has 23 heavy (non-hydrogen) atoms. The fraction of sp³-hybridized carbons (Fsp3) is 0.467. The Balaban J connectivity index is 2.10. The summed E-state index contributed by atoms with van der Waals surface area (Å²) in [7, 11) is 0. The quantitative estimate of drug-likeness (QED) is 0.677. The van der Waals surface area contributed by atoms with E-state index in [9.17, 15) is 19.7 Å². The van der Waals surface area contributed by atoms with Crippen molar-refractivity contribution in [3.8, 4) is 0 Å².